The van der Waals surface area contributed by atoms with Crippen molar-refractivity contribution in [2.45, 2.75) is 31.6 Å². The van der Waals surface area contributed by atoms with E-state index in [1.54, 1.807) is 12.1 Å². The summed E-state index contributed by atoms with van der Waals surface area (Å²) in [5.41, 5.74) is 2.80. The summed E-state index contributed by atoms with van der Waals surface area (Å²) in [6.07, 6.45) is 1.80. The lowest BCUT2D eigenvalue weighted by Crippen LogP contribution is -2.35. The Hall–Kier alpha value is -2.38. The number of benzene rings is 2. The third kappa shape index (κ3) is 5.16. The van der Waals surface area contributed by atoms with Crippen molar-refractivity contribution in [2.75, 3.05) is 37.6 Å². The number of amides is 1. The maximum absolute atomic E-state index is 12.6. The number of rotatable bonds is 8. The lowest BCUT2D eigenvalue weighted by molar-refractivity contribution is 0.0954. The molecule has 0 spiro atoms. The highest BCUT2D eigenvalue weighted by Gasteiger charge is 2.27. The molecule has 2 aromatic rings. The molecule has 1 aliphatic rings. The molecule has 6 nitrogen and oxygen atoms in total. The minimum absolute atomic E-state index is 0.199. The molecule has 0 saturated carbocycles. The van der Waals surface area contributed by atoms with Crippen LogP contribution in [0.4, 0.5) is 5.69 Å². The van der Waals surface area contributed by atoms with Crippen LogP contribution in [0.25, 0.3) is 0 Å². The van der Waals surface area contributed by atoms with Gasteiger partial charge in [-0.25, -0.2) is 8.42 Å². The summed E-state index contributed by atoms with van der Waals surface area (Å²) in [4.78, 5) is 14.9. The van der Waals surface area contributed by atoms with E-state index in [1.165, 1.54) is 22.0 Å². The van der Waals surface area contributed by atoms with Crippen LogP contribution in [0.15, 0.2) is 53.4 Å². The Bertz CT molecular complexity index is 936. The lowest BCUT2D eigenvalue weighted by Gasteiger charge is -2.23. The molecule has 0 atom stereocenters. The molecule has 1 fully saturated rings. The Morgan fingerprint density at radius 2 is 1.79 bits per heavy atom. The van der Waals surface area contributed by atoms with Crippen LogP contribution < -0.4 is 10.2 Å². The van der Waals surface area contributed by atoms with E-state index in [0.29, 0.717) is 31.7 Å². The molecule has 1 aliphatic heterocycles. The average molecular weight is 416 g/mol. The van der Waals surface area contributed by atoms with E-state index in [1.807, 2.05) is 6.07 Å². The summed E-state index contributed by atoms with van der Waals surface area (Å²) in [5.74, 6) is -0.199. The van der Waals surface area contributed by atoms with Crippen molar-refractivity contribution in [1.29, 1.82) is 0 Å². The third-order valence-electron chi connectivity index (χ3n) is 5.24. The molecule has 0 aromatic heterocycles. The standard InChI is InChI=1S/C22H29N3O3S/c1-3-24(20-8-6-7-18(2)17-20)16-13-23-22(26)19-9-11-21(12-10-19)29(27,28)25-14-4-5-15-25/h6-12,17H,3-5,13-16H2,1-2H3,(H,23,26). The summed E-state index contributed by atoms with van der Waals surface area (Å²) in [6, 6.07) is 14.5. The minimum atomic E-state index is -3.45. The van der Waals surface area contributed by atoms with Crippen molar-refractivity contribution in [3.8, 4) is 0 Å². The van der Waals surface area contributed by atoms with Crippen molar-refractivity contribution in [3.63, 3.8) is 0 Å². The van der Waals surface area contributed by atoms with Gasteiger partial charge in [0.1, 0.15) is 0 Å². The second-order valence-corrected chi connectivity index (χ2v) is 9.25. The van der Waals surface area contributed by atoms with Gasteiger partial charge in [-0.1, -0.05) is 12.1 Å². The lowest BCUT2D eigenvalue weighted by atomic mass is 10.2. The Morgan fingerprint density at radius 1 is 1.10 bits per heavy atom. The van der Waals surface area contributed by atoms with Gasteiger partial charge in [-0.2, -0.15) is 4.31 Å². The Morgan fingerprint density at radius 3 is 2.41 bits per heavy atom. The third-order valence-corrected chi connectivity index (χ3v) is 7.15. The zero-order valence-electron chi connectivity index (χ0n) is 17.1. The van der Waals surface area contributed by atoms with Crippen molar-refractivity contribution in [3.05, 3.63) is 59.7 Å². The number of aryl methyl sites for hydroxylation is 1. The first-order valence-electron chi connectivity index (χ1n) is 10.1. The molecule has 156 valence electrons. The number of hydrogen-bond donors (Lipinski definition) is 1. The first kappa shape index (κ1) is 21.3. The molecule has 2 aromatic carbocycles. The fourth-order valence-corrected chi connectivity index (χ4v) is 5.07. The number of sulfonamides is 1. The summed E-state index contributed by atoms with van der Waals surface area (Å²) in [7, 11) is -3.45. The molecule has 0 bridgehead atoms. The number of carbonyl (C=O) groups is 1. The van der Waals surface area contributed by atoms with Gasteiger partial charge >= 0.3 is 0 Å². The van der Waals surface area contributed by atoms with E-state index in [9.17, 15) is 13.2 Å². The number of likely N-dealkylation sites (N-methyl/N-ethyl adjacent to an activating group) is 1. The molecule has 1 heterocycles. The highest BCUT2D eigenvalue weighted by atomic mass is 32.2. The number of nitrogens with one attached hydrogen (secondary N) is 1. The van der Waals surface area contributed by atoms with E-state index in [4.69, 9.17) is 0 Å². The number of hydrogen-bond acceptors (Lipinski definition) is 4. The SMILES string of the molecule is CCN(CCNC(=O)c1ccc(S(=O)(=O)N2CCCC2)cc1)c1cccc(C)c1. The van der Waals surface area contributed by atoms with E-state index in [0.717, 1.165) is 25.1 Å². The van der Waals surface area contributed by atoms with Crippen LogP contribution in [0.5, 0.6) is 0 Å². The van der Waals surface area contributed by atoms with Crippen LogP contribution in [0.1, 0.15) is 35.7 Å². The topological polar surface area (TPSA) is 69.7 Å². The van der Waals surface area contributed by atoms with Crippen LogP contribution in [0.3, 0.4) is 0 Å². The van der Waals surface area contributed by atoms with E-state index in [2.05, 4.69) is 42.3 Å². The van der Waals surface area contributed by atoms with Crippen LogP contribution in [0.2, 0.25) is 0 Å². The normalized spacial score (nSPS) is 14.7. The van der Waals surface area contributed by atoms with Crippen LogP contribution >= 0.6 is 0 Å². The number of nitrogens with zero attached hydrogens (tertiary/aromatic N) is 2. The first-order chi connectivity index (χ1) is 13.9. The van der Waals surface area contributed by atoms with Crippen molar-refractivity contribution in [1.82, 2.24) is 9.62 Å². The summed E-state index contributed by atoms with van der Waals surface area (Å²) in [6.45, 7) is 7.35. The largest absolute Gasteiger partial charge is 0.370 e. The molecule has 0 aliphatic carbocycles. The molecule has 0 radical (unpaired) electrons. The van der Waals surface area contributed by atoms with E-state index in [-0.39, 0.29) is 10.8 Å². The molecule has 0 unspecified atom stereocenters. The second kappa shape index (κ2) is 9.41. The van der Waals surface area contributed by atoms with Crippen LogP contribution in [-0.4, -0.2) is 51.4 Å². The predicted molar refractivity (Wildman–Crippen MR) is 116 cm³/mol. The van der Waals surface area contributed by atoms with E-state index < -0.39 is 10.0 Å². The highest BCUT2D eigenvalue weighted by Crippen LogP contribution is 2.21. The number of carbonyl (C=O) groups excluding carboxylic acids is 1. The Balaban J connectivity index is 1.57. The van der Waals surface area contributed by atoms with Gasteiger partial charge in [-0.05, 0) is 68.7 Å². The number of anilines is 1. The fraction of sp³-hybridized carbons (Fsp3) is 0.409. The zero-order valence-corrected chi connectivity index (χ0v) is 17.9. The quantitative estimate of drug-likeness (QED) is 0.720. The van der Waals surface area contributed by atoms with E-state index >= 15 is 0 Å². The molecular weight excluding hydrogens is 386 g/mol. The Kier molecular flexibility index (Phi) is 6.92. The Labute approximate surface area is 173 Å². The molecule has 29 heavy (non-hydrogen) atoms. The van der Waals surface area contributed by atoms with Gasteiger partial charge in [0.15, 0.2) is 0 Å². The maximum Gasteiger partial charge on any atom is 0.251 e. The van der Waals surface area contributed by atoms with Crippen molar-refractivity contribution < 1.29 is 13.2 Å². The maximum atomic E-state index is 12.6. The van der Waals surface area contributed by atoms with Gasteiger partial charge in [0.05, 0.1) is 4.90 Å². The molecule has 1 amide bonds. The second-order valence-electron chi connectivity index (χ2n) is 7.31. The minimum Gasteiger partial charge on any atom is -0.370 e. The van der Waals surface area contributed by atoms with Gasteiger partial charge < -0.3 is 10.2 Å². The van der Waals surface area contributed by atoms with Gasteiger partial charge in [-0.3, -0.25) is 4.79 Å². The van der Waals surface area contributed by atoms with Crippen LogP contribution in [-0.2, 0) is 10.0 Å². The molecular formula is C22H29N3O3S. The summed E-state index contributed by atoms with van der Waals surface area (Å²) in [5, 5.41) is 2.92. The zero-order chi connectivity index (χ0) is 20.9. The predicted octanol–water partition coefficient (Wildman–Crippen LogP) is 3.04. The average Bonchev–Trinajstić information content (AvgIpc) is 3.27. The van der Waals surface area contributed by atoms with Gasteiger partial charge in [0.25, 0.3) is 5.91 Å². The van der Waals surface area contributed by atoms with Gasteiger partial charge in [-0.15, -0.1) is 0 Å². The summed E-state index contributed by atoms with van der Waals surface area (Å²) < 4.78 is 26.7. The molecule has 7 heteroatoms. The van der Waals surface area contributed by atoms with Crippen molar-refractivity contribution >= 4 is 21.6 Å². The molecule has 1 saturated heterocycles. The summed E-state index contributed by atoms with van der Waals surface area (Å²) >= 11 is 0. The monoisotopic (exact) mass is 415 g/mol. The fourth-order valence-electron chi connectivity index (χ4n) is 3.56. The molecule has 1 N–H and O–H groups in total. The highest BCUT2D eigenvalue weighted by molar-refractivity contribution is 7.89. The van der Waals surface area contributed by atoms with Crippen LogP contribution in [0, 0.1) is 6.92 Å². The molecule has 3 rings (SSSR count). The first-order valence-corrected chi connectivity index (χ1v) is 11.6. The van der Waals surface area contributed by atoms with Gasteiger partial charge in [0.2, 0.25) is 10.0 Å². The van der Waals surface area contributed by atoms with Gasteiger partial charge in [0, 0.05) is 44.0 Å². The smallest absolute Gasteiger partial charge is 0.251 e. The van der Waals surface area contributed by atoms with Crippen molar-refractivity contribution in [2.24, 2.45) is 0 Å².